The van der Waals surface area contributed by atoms with E-state index in [1.54, 1.807) is 0 Å². The van der Waals surface area contributed by atoms with Crippen LogP contribution < -0.4 is 11.1 Å². The molecule has 0 spiro atoms. The van der Waals surface area contributed by atoms with Crippen LogP contribution in [0, 0.1) is 0 Å². The minimum absolute atomic E-state index is 0.0423. The summed E-state index contributed by atoms with van der Waals surface area (Å²) in [5, 5.41) is 2.76. The number of aromatic nitrogens is 2. The SMILES string of the molecule is CC(C)NC(=O)c1cnc(-c2ccccc2)nc1N. The normalized spacial score (nSPS) is 10.5. The zero-order valence-corrected chi connectivity index (χ0v) is 10.9. The zero-order valence-electron chi connectivity index (χ0n) is 10.9. The fourth-order valence-electron chi connectivity index (χ4n) is 1.64. The molecule has 2 rings (SSSR count). The molecule has 5 heteroatoms. The predicted octanol–water partition coefficient (Wildman–Crippen LogP) is 1.86. The molecule has 0 aliphatic heterocycles. The Morgan fingerprint density at radius 1 is 1.26 bits per heavy atom. The number of nitrogens with two attached hydrogens (primary N) is 1. The first-order valence-corrected chi connectivity index (χ1v) is 6.06. The maximum absolute atomic E-state index is 11.9. The van der Waals surface area contributed by atoms with E-state index in [9.17, 15) is 4.79 Å². The van der Waals surface area contributed by atoms with Gasteiger partial charge in [-0.05, 0) is 13.8 Å². The van der Waals surface area contributed by atoms with Crippen molar-refractivity contribution >= 4 is 11.7 Å². The summed E-state index contributed by atoms with van der Waals surface area (Å²) in [5.74, 6) is 0.443. The standard InChI is InChI=1S/C14H16N4O/c1-9(2)17-14(19)11-8-16-13(18-12(11)15)10-6-4-3-5-7-10/h3-9H,1-2H3,(H,17,19)(H2,15,16,18). The molecule has 1 amide bonds. The van der Waals surface area contributed by atoms with Crippen LogP contribution in [0.4, 0.5) is 5.82 Å². The number of nitrogens with one attached hydrogen (secondary N) is 1. The van der Waals surface area contributed by atoms with Crippen molar-refractivity contribution in [1.82, 2.24) is 15.3 Å². The van der Waals surface area contributed by atoms with Crippen molar-refractivity contribution in [2.75, 3.05) is 5.73 Å². The monoisotopic (exact) mass is 256 g/mol. The number of nitrogen functional groups attached to an aromatic ring is 1. The number of rotatable bonds is 3. The number of amides is 1. The Morgan fingerprint density at radius 2 is 1.95 bits per heavy atom. The molecule has 19 heavy (non-hydrogen) atoms. The lowest BCUT2D eigenvalue weighted by atomic mass is 10.2. The second kappa shape index (κ2) is 5.48. The molecule has 1 aromatic carbocycles. The molecular weight excluding hydrogens is 240 g/mol. The van der Waals surface area contributed by atoms with Crippen LogP contribution in [0.25, 0.3) is 11.4 Å². The van der Waals surface area contributed by atoms with Crippen molar-refractivity contribution in [3.8, 4) is 11.4 Å². The Bertz CT molecular complexity index is 581. The first kappa shape index (κ1) is 13.0. The Balaban J connectivity index is 2.30. The minimum atomic E-state index is -0.257. The summed E-state index contributed by atoms with van der Waals surface area (Å²) in [6.07, 6.45) is 1.46. The highest BCUT2D eigenvalue weighted by Gasteiger charge is 2.13. The summed E-state index contributed by atoms with van der Waals surface area (Å²) in [6, 6.07) is 9.53. The van der Waals surface area contributed by atoms with Gasteiger partial charge in [-0.1, -0.05) is 30.3 Å². The lowest BCUT2D eigenvalue weighted by Crippen LogP contribution is -2.31. The summed E-state index contributed by atoms with van der Waals surface area (Å²) in [5.41, 5.74) is 6.99. The van der Waals surface area contributed by atoms with Crippen molar-refractivity contribution in [3.63, 3.8) is 0 Å². The lowest BCUT2D eigenvalue weighted by molar-refractivity contribution is 0.0943. The number of hydrogen-bond acceptors (Lipinski definition) is 4. The van der Waals surface area contributed by atoms with Crippen molar-refractivity contribution in [2.45, 2.75) is 19.9 Å². The second-order valence-electron chi connectivity index (χ2n) is 4.49. The van der Waals surface area contributed by atoms with E-state index in [-0.39, 0.29) is 17.8 Å². The summed E-state index contributed by atoms with van der Waals surface area (Å²) in [6.45, 7) is 3.76. The quantitative estimate of drug-likeness (QED) is 0.878. The number of carbonyl (C=O) groups excluding carboxylic acids is 1. The Hall–Kier alpha value is -2.43. The first-order valence-electron chi connectivity index (χ1n) is 6.06. The molecule has 0 atom stereocenters. The number of hydrogen-bond donors (Lipinski definition) is 2. The van der Waals surface area contributed by atoms with Gasteiger partial charge in [-0.2, -0.15) is 0 Å². The first-order chi connectivity index (χ1) is 9.08. The van der Waals surface area contributed by atoms with Crippen LogP contribution in [0.15, 0.2) is 36.5 Å². The molecular formula is C14H16N4O. The van der Waals surface area contributed by atoms with Crippen LogP contribution in [0.3, 0.4) is 0 Å². The molecule has 5 nitrogen and oxygen atoms in total. The zero-order chi connectivity index (χ0) is 13.8. The highest BCUT2D eigenvalue weighted by Crippen LogP contribution is 2.17. The maximum Gasteiger partial charge on any atom is 0.256 e. The van der Waals surface area contributed by atoms with Crippen molar-refractivity contribution in [3.05, 3.63) is 42.1 Å². The average Bonchev–Trinajstić information content (AvgIpc) is 2.38. The van der Waals surface area contributed by atoms with E-state index in [1.165, 1.54) is 6.20 Å². The molecule has 0 unspecified atom stereocenters. The summed E-state index contributed by atoms with van der Waals surface area (Å²) >= 11 is 0. The molecule has 1 heterocycles. The second-order valence-corrected chi connectivity index (χ2v) is 4.49. The van der Waals surface area contributed by atoms with E-state index >= 15 is 0 Å². The van der Waals surface area contributed by atoms with Crippen LogP contribution in [0.1, 0.15) is 24.2 Å². The predicted molar refractivity (Wildman–Crippen MR) is 74.5 cm³/mol. The van der Waals surface area contributed by atoms with E-state index in [4.69, 9.17) is 5.73 Å². The average molecular weight is 256 g/mol. The summed E-state index contributed by atoms with van der Waals surface area (Å²) in [7, 11) is 0. The molecule has 0 aliphatic rings. The van der Waals surface area contributed by atoms with Gasteiger partial charge < -0.3 is 11.1 Å². The number of nitrogens with zero attached hydrogens (tertiary/aromatic N) is 2. The fourth-order valence-corrected chi connectivity index (χ4v) is 1.64. The third kappa shape index (κ3) is 3.07. The molecule has 98 valence electrons. The minimum Gasteiger partial charge on any atom is -0.383 e. The third-order valence-corrected chi connectivity index (χ3v) is 2.51. The Kier molecular flexibility index (Phi) is 3.75. The van der Waals surface area contributed by atoms with Gasteiger partial charge in [0.1, 0.15) is 5.82 Å². The van der Waals surface area contributed by atoms with Gasteiger partial charge in [0, 0.05) is 17.8 Å². The molecule has 0 bridgehead atoms. The summed E-state index contributed by atoms with van der Waals surface area (Å²) < 4.78 is 0. The molecule has 0 fully saturated rings. The van der Waals surface area contributed by atoms with Gasteiger partial charge in [-0.3, -0.25) is 4.79 Å². The van der Waals surface area contributed by atoms with Crippen molar-refractivity contribution in [2.24, 2.45) is 0 Å². The van der Waals surface area contributed by atoms with E-state index in [0.717, 1.165) is 5.56 Å². The molecule has 0 saturated carbocycles. The van der Waals surface area contributed by atoms with Crippen LogP contribution in [-0.2, 0) is 0 Å². The van der Waals surface area contributed by atoms with Crippen molar-refractivity contribution in [1.29, 1.82) is 0 Å². The van der Waals surface area contributed by atoms with Gasteiger partial charge in [0.05, 0.1) is 5.56 Å². The van der Waals surface area contributed by atoms with E-state index in [0.29, 0.717) is 11.4 Å². The van der Waals surface area contributed by atoms with Crippen LogP contribution in [-0.4, -0.2) is 21.9 Å². The van der Waals surface area contributed by atoms with Gasteiger partial charge in [0.15, 0.2) is 5.82 Å². The van der Waals surface area contributed by atoms with Gasteiger partial charge in [0.2, 0.25) is 0 Å². The van der Waals surface area contributed by atoms with Gasteiger partial charge in [0.25, 0.3) is 5.91 Å². The highest BCUT2D eigenvalue weighted by atomic mass is 16.1. The number of benzene rings is 1. The van der Waals surface area contributed by atoms with Crippen LogP contribution in [0.5, 0.6) is 0 Å². The van der Waals surface area contributed by atoms with E-state index in [2.05, 4.69) is 15.3 Å². The smallest absolute Gasteiger partial charge is 0.256 e. The fraction of sp³-hybridized carbons (Fsp3) is 0.214. The maximum atomic E-state index is 11.9. The molecule has 0 aliphatic carbocycles. The summed E-state index contributed by atoms with van der Waals surface area (Å²) in [4.78, 5) is 20.2. The molecule has 0 radical (unpaired) electrons. The Labute approximate surface area is 111 Å². The largest absolute Gasteiger partial charge is 0.383 e. The number of carbonyl (C=O) groups is 1. The molecule has 3 N–H and O–H groups in total. The Morgan fingerprint density at radius 3 is 2.53 bits per heavy atom. The highest BCUT2D eigenvalue weighted by molar-refractivity contribution is 5.98. The van der Waals surface area contributed by atoms with Gasteiger partial charge in [-0.25, -0.2) is 9.97 Å². The topological polar surface area (TPSA) is 80.9 Å². The third-order valence-electron chi connectivity index (χ3n) is 2.51. The molecule has 2 aromatic rings. The van der Waals surface area contributed by atoms with Gasteiger partial charge in [-0.15, -0.1) is 0 Å². The van der Waals surface area contributed by atoms with Gasteiger partial charge >= 0.3 is 0 Å². The van der Waals surface area contributed by atoms with E-state index in [1.807, 2.05) is 44.2 Å². The number of anilines is 1. The lowest BCUT2D eigenvalue weighted by Gasteiger charge is -2.10. The van der Waals surface area contributed by atoms with E-state index < -0.39 is 0 Å². The van der Waals surface area contributed by atoms with Crippen LogP contribution in [0.2, 0.25) is 0 Å². The molecule has 0 saturated heterocycles. The molecule has 1 aromatic heterocycles. The van der Waals surface area contributed by atoms with Crippen molar-refractivity contribution < 1.29 is 4.79 Å². The van der Waals surface area contributed by atoms with Crippen LogP contribution >= 0.6 is 0 Å².